The number of hydrogen-bond donors (Lipinski definition) is 2. The molecule has 0 saturated heterocycles. The molecule has 0 aromatic heterocycles. The molecule has 0 radical (unpaired) electrons. The van der Waals surface area contributed by atoms with Crippen LogP contribution in [-0.2, 0) is 19.7 Å². The molecule has 7 heteroatoms. The smallest absolute Gasteiger partial charge is 0.277 e. The quantitative estimate of drug-likeness (QED) is 0.565. The highest BCUT2D eigenvalue weighted by Gasteiger charge is 2.14. The zero-order valence-corrected chi connectivity index (χ0v) is 11.8. The van der Waals surface area contributed by atoms with Crippen molar-refractivity contribution in [2.24, 2.45) is 5.92 Å². The number of hydrogen-bond acceptors (Lipinski definition) is 4. The minimum atomic E-state index is -3.47. The van der Waals surface area contributed by atoms with E-state index < -0.39 is 16.5 Å². The first-order valence-electron chi connectivity index (χ1n) is 5.88. The van der Waals surface area contributed by atoms with Gasteiger partial charge in [0.05, 0.1) is 6.54 Å². The highest BCUT2D eigenvalue weighted by molar-refractivity contribution is 7.87. The Labute approximate surface area is 104 Å². The molecule has 0 amide bonds. The molecule has 0 heterocycles. The Morgan fingerprint density at radius 1 is 1.00 bits per heavy atom. The summed E-state index contributed by atoms with van der Waals surface area (Å²) in [6.07, 6.45) is -0.541. The minimum Gasteiger partial charge on any atom is -0.352 e. The minimum absolute atomic E-state index is 0.106. The summed E-state index contributed by atoms with van der Waals surface area (Å²) in [5.74, 6) is 0.265. The van der Waals surface area contributed by atoms with Crippen molar-refractivity contribution in [2.45, 2.75) is 34.0 Å². The fourth-order valence-corrected chi connectivity index (χ4v) is 2.05. The Morgan fingerprint density at radius 3 is 1.88 bits per heavy atom. The standard InChI is InChI=1S/C10H24N2O4S/c1-5-15-10(16-6-2)8-12-17(13,14)11-7-9(3)4/h9-12H,5-8H2,1-4H3. The number of ether oxygens (including phenoxy) is 2. The fraction of sp³-hybridized carbons (Fsp3) is 1.00. The largest absolute Gasteiger partial charge is 0.352 e. The first kappa shape index (κ1) is 16.8. The Morgan fingerprint density at radius 2 is 1.47 bits per heavy atom. The first-order chi connectivity index (χ1) is 7.91. The van der Waals surface area contributed by atoms with Gasteiger partial charge in [0, 0.05) is 19.8 Å². The monoisotopic (exact) mass is 268 g/mol. The molecule has 0 fully saturated rings. The van der Waals surface area contributed by atoms with Crippen molar-refractivity contribution < 1.29 is 17.9 Å². The first-order valence-corrected chi connectivity index (χ1v) is 7.37. The molecule has 0 rings (SSSR count). The van der Waals surface area contributed by atoms with Gasteiger partial charge in [0.25, 0.3) is 10.2 Å². The Balaban J connectivity index is 4.04. The van der Waals surface area contributed by atoms with Crippen molar-refractivity contribution in [1.29, 1.82) is 0 Å². The van der Waals surface area contributed by atoms with E-state index in [-0.39, 0.29) is 12.5 Å². The number of rotatable bonds is 10. The van der Waals surface area contributed by atoms with Crippen molar-refractivity contribution in [2.75, 3.05) is 26.3 Å². The van der Waals surface area contributed by atoms with E-state index in [0.717, 1.165) is 0 Å². The third kappa shape index (κ3) is 9.49. The van der Waals surface area contributed by atoms with Gasteiger partial charge >= 0.3 is 0 Å². The Hall–Kier alpha value is -0.210. The van der Waals surface area contributed by atoms with Crippen LogP contribution in [0, 0.1) is 5.92 Å². The topological polar surface area (TPSA) is 76.7 Å². The van der Waals surface area contributed by atoms with Gasteiger partial charge in [-0.3, -0.25) is 0 Å². The maximum absolute atomic E-state index is 11.5. The lowest BCUT2D eigenvalue weighted by molar-refractivity contribution is -0.130. The van der Waals surface area contributed by atoms with Gasteiger partial charge in [-0.1, -0.05) is 13.8 Å². The van der Waals surface area contributed by atoms with Gasteiger partial charge in [0.2, 0.25) is 0 Å². The summed E-state index contributed by atoms with van der Waals surface area (Å²) >= 11 is 0. The summed E-state index contributed by atoms with van der Waals surface area (Å²) in [4.78, 5) is 0. The molecule has 0 aliphatic heterocycles. The molecule has 0 atom stereocenters. The highest BCUT2D eigenvalue weighted by Crippen LogP contribution is 1.95. The Kier molecular flexibility index (Phi) is 8.71. The molecule has 17 heavy (non-hydrogen) atoms. The predicted octanol–water partition coefficient (Wildman–Crippen LogP) is 0.466. The van der Waals surface area contributed by atoms with Crippen molar-refractivity contribution in [3.05, 3.63) is 0 Å². The normalized spacial score (nSPS) is 12.6. The molecule has 0 aromatic rings. The van der Waals surface area contributed by atoms with E-state index in [1.807, 2.05) is 27.7 Å². The van der Waals surface area contributed by atoms with Crippen LogP contribution in [0.25, 0.3) is 0 Å². The van der Waals surface area contributed by atoms with Gasteiger partial charge in [-0.15, -0.1) is 0 Å². The van der Waals surface area contributed by atoms with Gasteiger partial charge in [0.15, 0.2) is 6.29 Å². The summed E-state index contributed by atoms with van der Waals surface area (Å²) in [6.45, 7) is 9.00. The molecular formula is C10H24N2O4S. The molecule has 2 N–H and O–H groups in total. The van der Waals surface area contributed by atoms with Gasteiger partial charge in [0.1, 0.15) is 0 Å². The molecule has 0 spiro atoms. The zero-order chi connectivity index (χ0) is 13.3. The molecular weight excluding hydrogens is 244 g/mol. The van der Waals surface area contributed by atoms with Crippen LogP contribution in [0.1, 0.15) is 27.7 Å². The maximum atomic E-state index is 11.5. The molecule has 0 aliphatic rings. The molecule has 0 saturated carbocycles. The van der Waals surface area contributed by atoms with E-state index in [0.29, 0.717) is 19.8 Å². The summed E-state index contributed by atoms with van der Waals surface area (Å²) in [5, 5.41) is 0. The van der Waals surface area contributed by atoms with Crippen LogP contribution in [0.2, 0.25) is 0 Å². The van der Waals surface area contributed by atoms with Crippen LogP contribution < -0.4 is 9.44 Å². The van der Waals surface area contributed by atoms with E-state index in [2.05, 4.69) is 9.44 Å². The van der Waals surface area contributed by atoms with Gasteiger partial charge in [-0.2, -0.15) is 13.1 Å². The summed E-state index contributed by atoms with van der Waals surface area (Å²) in [5.41, 5.74) is 0. The van der Waals surface area contributed by atoms with E-state index >= 15 is 0 Å². The molecule has 0 unspecified atom stereocenters. The lowest BCUT2D eigenvalue weighted by Gasteiger charge is -2.17. The maximum Gasteiger partial charge on any atom is 0.277 e. The highest BCUT2D eigenvalue weighted by atomic mass is 32.2. The van der Waals surface area contributed by atoms with Gasteiger partial charge < -0.3 is 9.47 Å². The van der Waals surface area contributed by atoms with Crippen molar-refractivity contribution in [1.82, 2.24) is 9.44 Å². The third-order valence-corrected chi connectivity index (χ3v) is 2.92. The lowest BCUT2D eigenvalue weighted by atomic mass is 10.2. The van der Waals surface area contributed by atoms with Crippen molar-refractivity contribution in [3.8, 4) is 0 Å². The van der Waals surface area contributed by atoms with E-state index in [9.17, 15) is 8.42 Å². The molecule has 6 nitrogen and oxygen atoms in total. The second-order valence-electron chi connectivity index (χ2n) is 3.93. The van der Waals surface area contributed by atoms with Crippen LogP contribution >= 0.6 is 0 Å². The molecule has 0 aliphatic carbocycles. The van der Waals surface area contributed by atoms with Crippen LogP contribution in [0.5, 0.6) is 0 Å². The average Bonchev–Trinajstić information content (AvgIpc) is 2.24. The average molecular weight is 268 g/mol. The summed E-state index contributed by atoms with van der Waals surface area (Å²) in [6, 6.07) is 0. The van der Waals surface area contributed by atoms with Gasteiger partial charge in [-0.25, -0.2) is 4.72 Å². The second-order valence-corrected chi connectivity index (χ2v) is 5.52. The lowest BCUT2D eigenvalue weighted by Crippen LogP contribution is -2.43. The van der Waals surface area contributed by atoms with Crippen LogP contribution in [0.4, 0.5) is 0 Å². The van der Waals surface area contributed by atoms with Crippen LogP contribution in [-0.4, -0.2) is 41.0 Å². The van der Waals surface area contributed by atoms with Crippen molar-refractivity contribution in [3.63, 3.8) is 0 Å². The summed E-state index contributed by atoms with van der Waals surface area (Å²) in [7, 11) is -3.47. The van der Waals surface area contributed by atoms with Gasteiger partial charge in [-0.05, 0) is 19.8 Å². The zero-order valence-electron chi connectivity index (χ0n) is 11.0. The van der Waals surface area contributed by atoms with E-state index in [4.69, 9.17) is 9.47 Å². The molecule has 0 aromatic carbocycles. The van der Waals surface area contributed by atoms with E-state index in [1.165, 1.54) is 0 Å². The second kappa shape index (κ2) is 8.82. The number of nitrogens with one attached hydrogen (secondary N) is 2. The Bertz CT molecular complexity index is 274. The third-order valence-electron chi connectivity index (χ3n) is 1.83. The molecule has 104 valence electrons. The van der Waals surface area contributed by atoms with Crippen LogP contribution in [0.3, 0.4) is 0 Å². The summed E-state index contributed by atoms with van der Waals surface area (Å²) < 4.78 is 38.3. The van der Waals surface area contributed by atoms with Crippen LogP contribution in [0.15, 0.2) is 0 Å². The van der Waals surface area contributed by atoms with E-state index in [1.54, 1.807) is 0 Å². The SMILES string of the molecule is CCOC(CNS(=O)(=O)NCC(C)C)OCC. The molecule has 0 bridgehead atoms. The predicted molar refractivity (Wildman–Crippen MR) is 66.8 cm³/mol. The fourth-order valence-electron chi connectivity index (χ4n) is 1.04. The van der Waals surface area contributed by atoms with Crippen molar-refractivity contribution >= 4 is 10.2 Å².